The fourth-order valence-electron chi connectivity index (χ4n) is 3.21. The maximum Gasteiger partial charge on any atom is 0.264 e. The van der Waals surface area contributed by atoms with E-state index < -0.39 is 0 Å². The quantitative estimate of drug-likeness (QED) is 0.685. The minimum Gasteiger partial charge on any atom is -0.352 e. The lowest BCUT2D eigenvalue weighted by Crippen LogP contribution is -2.49. The normalized spacial score (nSPS) is 14.8. The van der Waals surface area contributed by atoms with Gasteiger partial charge in [0.25, 0.3) is 5.91 Å². The summed E-state index contributed by atoms with van der Waals surface area (Å²) >= 11 is 7.63. The fourth-order valence-corrected chi connectivity index (χ4v) is 4.07. The molecule has 26 heavy (non-hydrogen) atoms. The largest absolute Gasteiger partial charge is 0.352 e. The monoisotopic (exact) mass is 386 g/mol. The highest BCUT2D eigenvalue weighted by Gasteiger charge is 2.24. The number of thiophene rings is 1. The van der Waals surface area contributed by atoms with E-state index in [9.17, 15) is 4.79 Å². The van der Waals surface area contributed by atoms with Gasteiger partial charge in [-0.3, -0.25) is 4.79 Å². The predicted molar refractivity (Wildman–Crippen MR) is 106 cm³/mol. The summed E-state index contributed by atoms with van der Waals surface area (Å²) in [6.07, 6.45) is 0.770. The Morgan fingerprint density at radius 3 is 2.69 bits per heavy atom. The summed E-state index contributed by atoms with van der Waals surface area (Å²) in [4.78, 5) is 26.9. The van der Waals surface area contributed by atoms with Crippen LogP contribution in [0.5, 0.6) is 0 Å². The highest BCUT2D eigenvalue weighted by molar-refractivity contribution is 7.12. The van der Waals surface area contributed by atoms with Crippen molar-refractivity contribution in [3.05, 3.63) is 51.4 Å². The molecule has 7 heteroatoms. The molecule has 3 heterocycles. The van der Waals surface area contributed by atoms with Gasteiger partial charge in [0, 0.05) is 43.0 Å². The van der Waals surface area contributed by atoms with Gasteiger partial charge >= 0.3 is 0 Å². The van der Waals surface area contributed by atoms with E-state index in [0.29, 0.717) is 18.1 Å². The summed E-state index contributed by atoms with van der Waals surface area (Å²) < 4.78 is 0. The van der Waals surface area contributed by atoms with Crippen LogP contribution in [0.3, 0.4) is 0 Å². The number of hydrogen-bond donors (Lipinski definition) is 0. The van der Waals surface area contributed by atoms with E-state index in [2.05, 4.69) is 9.88 Å². The average molecular weight is 387 g/mol. The molecule has 1 fully saturated rings. The molecule has 1 aliphatic heterocycles. The van der Waals surface area contributed by atoms with Gasteiger partial charge in [-0.2, -0.15) is 0 Å². The van der Waals surface area contributed by atoms with E-state index in [1.54, 1.807) is 0 Å². The molecule has 4 rings (SSSR count). The number of anilines is 1. The first-order valence-electron chi connectivity index (χ1n) is 8.69. The van der Waals surface area contributed by atoms with Gasteiger partial charge in [0.05, 0.1) is 10.4 Å². The molecular weight excluding hydrogens is 368 g/mol. The maximum atomic E-state index is 12.5. The number of carbonyl (C=O) groups excluding carboxylic acids is 1. The first-order valence-corrected chi connectivity index (χ1v) is 9.95. The zero-order chi connectivity index (χ0) is 18.1. The van der Waals surface area contributed by atoms with Crippen LogP contribution in [0.2, 0.25) is 5.02 Å². The van der Waals surface area contributed by atoms with Crippen molar-refractivity contribution >= 4 is 45.6 Å². The maximum absolute atomic E-state index is 12.5. The molecule has 0 spiro atoms. The van der Waals surface area contributed by atoms with Crippen molar-refractivity contribution in [2.24, 2.45) is 0 Å². The van der Waals surface area contributed by atoms with Crippen molar-refractivity contribution in [2.45, 2.75) is 13.3 Å². The van der Waals surface area contributed by atoms with Crippen LogP contribution >= 0.6 is 22.9 Å². The Bertz CT molecular complexity index is 936. The van der Waals surface area contributed by atoms with Crippen LogP contribution in [-0.2, 0) is 6.42 Å². The second-order valence-electron chi connectivity index (χ2n) is 6.24. The van der Waals surface area contributed by atoms with Crippen molar-refractivity contribution < 1.29 is 4.79 Å². The van der Waals surface area contributed by atoms with Crippen molar-refractivity contribution in [3.63, 3.8) is 0 Å². The minimum absolute atomic E-state index is 0.119. The van der Waals surface area contributed by atoms with Crippen LogP contribution in [0.15, 0.2) is 35.7 Å². The molecule has 0 radical (unpaired) electrons. The molecule has 5 nitrogen and oxygen atoms in total. The van der Waals surface area contributed by atoms with Crippen LogP contribution in [-0.4, -0.2) is 47.0 Å². The molecule has 3 aromatic rings. The van der Waals surface area contributed by atoms with Gasteiger partial charge in [-0.1, -0.05) is 24.6 Å². The van der Waals surface area contributed by atoms with E-state index in [1.807, 2.05) is 47.5 Å². The number of piperazine rings is 1. The smallest absolute Gasteiger partial charge is 0.264 e. The van der Waals surface area contributed by atoms with Crippen molar-refractivity contribution in [1.29, 1.82) is 0 Å². The van der Waals surface area contributed by atoms with Gasteiger partial charge in [0.2, 0.25) is 0 Å². The summed E-state index contributed by atoms with van der Waals surface area (Å²) in [6, 6.07) is 9.54. The number of nitrogens with zero attached hydrogens (tertiary/aromatic N) is 4. The van der Waals surface area contributed by atoms with Crippen LogP contribution in [0, 0.1) is 0 Å². The Morgan fingerprint density at radius 1 is 1.19 bits per heavy atom. The molecule has 1 aliphatic rings. The van der Waals surface area contributed by atoms with Crippen LogP contribution in [0.4, 0.5) is 5.82 Å². The first kappa shape index (κ1) is 17.2. The number of halogens is 1. The van der Waals surface area contributed by atoms with E-state index >= 15 is 0 Å². The zero-order valence-electron chi connectivity index (χ0n) is 14.5. The van der Waals surface area contributed by atoms with Gasteiger partial charge < -0.3 is 9.80 Å². The molecule has 0 bridgehead atoms. The number of hydrogen-bond acceptors (Lipinski definition) is 5. The summed E-state index contributed by atoms with van der Waals surface area (Å²) in [5.74, 6) is 1.87. The van der Waals surface area contributed by atoms with Gasteiger partial charge in [-0.05, 0) is 29.6 Å². The van der Waals surface area contributed by atoms with E-state index in [0.717, 1.165) is 46.9 Å². The molecule has 1 saturated heterocycles. The Hall–Kier alpha value is -2.18. The van der Waals surface area contributed by atoms with Gasteiger partial charge in [-0.15, -0.1) is 11.3 Å². The van der Waals surface area contributed by atoms with E-state index in [-0.39, 0.29) is 5.91 Å². The molecule has 1 amide bonds. The lowest BCUT2D eigenvalue weighted by Gasteiger charge is -2.35. The van der Waals surface area contributed by atoms with Crippen molar-refractivity contribution in [1.82, 2.24) is 14.9 Å². The second-order valence-corrected chi connectivity index (χ2v) is 7.62. The minimum atomic E-state index is 0.119. The number of fused-ring (bicyclic) bond motifs is 1. The lowest BCUT2D eigenvalue weighted by atomic mass is 10.2. The second kappa shape index (κ2) is 7.21. The molecule has 0 atom stereocenters. The predicted octanol–water partition coefficient (Wildman–Crippen LogP) is 3.87. The summed E-state index contributed by atoms with van der Waals surface area (Å²) in [7, 11) is 0. The Balaban J connectivity index is 1.58. The molecule has 1 aromatic carbocycles. The van der Waals surface area contributed by atoms with E-state index in [4.69, 9.17) is 16.6 Å². The number of rotatable bonds is 3. The van der Waals surface area contributed by atoms with E-state index in [1.165, 1.54) is 11.3 Å². The number of amides is 1. The number of aromatic nitrogens is 2. The average Bonchev–Trinajstić information content (AvgIpc) is 3.21. The highest BCUT2D eigenvalue weighted by atomic mass is 35.5. The summed E-state index contributed by atoms with van der Waals surface area (Å²) in [5.41, 5.74) is 0.872. The standard InChI is InChI=1S/C19H19ClN4OS/c1-2-17-21-15-12-13(20)5-6-14(15)18(22-17)23-7-9-24(10-8-23)19(25)16-4-3-11-26-16/h3-6,11-12H,2,7-10H2,1H3. The highest BCUT2D eigenvalue weighted by Crippen LogP contribution is 2.27. The number of benzene rings is 1. The first-order chi connectivity index (χ1) is 12.7. The van der Waals surface area contributed by atoms with Crippen molar-refractivity contribution in [3.8, 4) is 0 Å². The molecular formula is C19H19ClN4OS. The molecule has 134 valence electrons. The lowest BCUT2D eigenvalue weighted by molar-refractivity contribution is 0.0751. The number of aryl methyl sites for hydroxylation is 1. The molecule has 0 unspecified atom stereocenters. The van der Waals surface area contributed by atoms with Crippen LogP contribution in [0.25, 0.3) is 10.9 Å². The molecule has 2 aromatic heterocycles. The Labute approximate surface area is 161 Å². The fraction of sp³-hybridized carbons (Fsp3) is 0.316. The summed E-state index contributed by atoms with van der Waals surface area (Å²) in [5, 5.41) is 3.62. The molecule has 0 N–H and O–H groups in total. The number of carbonyl (C=O) groups is 1. The third-order valence-electron chi connectivity index (χ3n) is 4.60. The zero-order valence-corrected chi connectivity index (χ0v) is 16.1. The summed E-state index contributed by atoms with van der Waals surface area (Å²) in [6.45, 7) is 4.95. The SMILES string of the molecule is CCc1nc(N2CCN(C(=O)c3cccs3)CC2)c2ccc(Cl)cc2n1. The topological polar surface area (TPSA) is 49.3 Å². The third-order valence-corrected chi connectivity index (χ3v) is 5.69. The van der Waals surface area contributed by atoms with Crippen LogP contribution < -0.4 is 4.90 Å². The third kappa shape index (κ3) is 3.27. The van der Waals surface area contributed by atoms with Gasteiger partial charge in [0.15, 0.2) is 0 Å². The van der Waals surface area contributed by atoms with Gasteiger partial charge in [0.1, 0.15) is 11.6 Å². The Kier molecular flexibility index (Phi) is 4.78. The van der Waals surface area contributed by atoms with Crippen LogP contribution in [0.1, 0.15) is 22.4 Å². The molecule has 0 aliphatic carbocycles. The van der Waals surface area contributed by atoms with Crippen molar-refractivity contribution in [2.75, 3.05) is 31.1 Å². The molecule has 0 saturated carbocycles. The Morgan fingerprint density at radius 2 is 2.00 bits per heavy atom. The van der Waals surface area contributed by atoms with Gasteiger partial charge in [-0.25, -0.2) is 9.97 Å².